The number of ether oxygens (including phenoxy) is 2. The van der Waals surface area contributed by atoms with E-state index in [-0.39, 0.29) is 0 Å². The normalized spacial score (nSPS) is 12.0. The molecule has 3 nitrogen and oxygen atoms in total. The van der Waals surface area contributed by atoms with Crippen molar-refractivity contribution >= 4 is 0 Å². The van der Waals surface area contributed by atoms with Crippen LogP contribution in [0.25, 0.3) is 0 Å². The number of rotatable bonds is 6. The zero-order valence-corrected chi connectivity index (χ0v) is 10.9. The second kappa shape index (κ2) is 8.71. The summed E-state index contributed by atoms with van der Waals surface area (Å²) in [6.45, 7) is 4.75. The number of hydrogen-bond acceptors (Lipinski definition) is 3. The van der Waals surface area contributed by atoms with Crippen LogP contribution in [0.3, 0.4) is 0 Å². The van der Waals surface area contributed by atoms with E-state index in [2.05, 4.69) is 11.8 Å². The molecule has 1 N–H and O–H groups in total. The van der Waals surface area contributed by atoms with Gasteiger partial charge in [0.15, 0.2) is 6.29 Å². The molecule has 0 saturated carbocycles. The summed E-state index contributed by atoms with van der Waals surface area (Å²) in [7, 11) is 0. The van der Waals surface area contributed by atoms with Crippen LogP contribution < -0.4 is 0 Å². The average molecular weight is 248 g/mol. The van der Waals surface area contributed by atoms with Crippen LogP contribution in [0, 0.1) is 11.8 Å². The van der Waals surface area contributed by atoms with Crippen molar-refractivity contribution in [3.63, 3.8) is 0 Å². The first-order chi connectivity index (χ1) is 8.77. The Bertz CT molecular complexity index is 372. The minimum Gasteiger partial charge on any atom is -0.387 e. The van der Waals surface area contributed by atoms with Crippen molar-refractivity contribution in [2.45, 2.75) is 32.7 Å². The molecule has 0 fully saturated rings. The minimum atomic E-state index is -0.721. The molecule has 1 aromatic rings. The van der Waals surface area contributed by atoms with Crippen LogP contribution in [0.15, 0.2) is 30.3 Å². The van der Waals surface area contributed by atoms with Crippen molar-refractivity contribution in [1.29, 1.82) is 0 Å². The molecule has 1 aromatic carbocycles. The van der Waals surface area contributed by atoms with E-state index in [0.29, 0.717) is 19.6 Å². The number of aliphatic hydroxyl groups is 1. The smallest absolute Gasteiger partial charge is 0.184 e. The van der Waals surface area contributed by atoms with Crippen molar-refractivity contribution in [3.05, 3.63) is 35.9 Å². The molecule has 0 radical (unpaired) electrons. The highest BCUT2D eigenvalue weighted by atomic mass is 16.7. The Morgan fingerprint density at radius 1 is 1.11 bits per heavy atom. The average Bonchev–Trinajstić information content (AvgIpc) is 2.39. The van der Waals surface area contributed by atoms with Gasteiger partial charge in [-0.3, -0.25) is 0 Å². The van der Waals surface area contributed by atoms with E-state index in [9.17, 15) is 5.11 Å². The maximum absolute atomic E-state index is 9.90. The van der Waals surface area contributed by atoms with Gasteiger partial charge in [0.2, 0.25) is 0 Å². The van der Waals surface area contributed by atoms with E-state index in [0.717, 1.165) is 5.56 Å². The maximum Gasteiger partial charge on any atom is 0.184 e. The fraction of sp³-hybridized carbons (Fsp3) is 0.467. The van der Waals surface area contributed by atoms with Crippen LogP contribution in [0.2, 0.25) is 0 Å². The van der Waals surface area contributed by atoms with Crippen molar-refractivity contribution < 1.29 is 14.6 Å². The van der Waals surface area contributed by atoms with E-state index >= 15 is 0 Å². The third kappa shape index (κ3) is 5.33. The van der Waals surface area contributed by atoms with Crippen molar-refractivity contribution in [3.8, 4) is 11.8 Å². The Morgan fingerprint density at radius 2 is 1.72 bits per heavy atom. The second-order valence-corrected chi connectivity index (χ2v) is 3.72. The molecule has 98 valence electrons. The van der Waals surface area contributed by atoms with E-state index in [1.807, 2.05) is 44.2 Å². The van der Waals surface area contributed by atoms with Gasteiger partial charge in [0.05, 0.1) is 0 Å². The molecule has 0 aliphatic heterocycles. The zero-order valence-electron chi connectivity index (χ0n) is 10.9. The molecule has 1 rings (SSSR count). The highest BCUT2D eigenvalue weighted by Crippen LogP contribution is 2.05. The standard InChI is InChI=1S/C15H20O3/c1-3-17-15(18-4-2)14(16)12-8-11-13-9-6-5-7-10-13/h5-7,9-10,14-16H,3-4,12H2,1-2H3. The molecule has 0 aliphatic rings. The van der Waals surface area contributed by atoms with E-state index in [1.165, 1.54) is 0 Å². The molecule has 0 aliphatic carbocycles. The molecule has 0 heterocycles. The SMILES string of the molecule is CCOC(OCC)C(O)CC#Cc1ccccc1. The van der Waals surface area contributed by atoms with Crippen molar-refractivity contribution in [2.24, 2.45) is 0 Å². The quantitative estimate of drug-likeness (QED) is 0.619. The monoisotopic (exact) mass is 248 g/mol. The summed E-state index contributed by atoms with van der Waals surface area (Å²) in [4.78, 5) is 0. The molecular weight excluding hydrogens is 228 g/mol. The van der Waals surface area contributed by atoms with Gasteiger partial charge in [-0.25, -0.2) is 0 Å². The predicted molar refractivity (Wildman–Crippen MR) is 71.0 cm³/mol. The Morgan fingerprint density at radius 3 is 2.28 bits per heavy atom. The predicted octanol–water partition coefficient (Wildman–Crippen LogP) is 2.19. The van der Waals surface area contributed by atoms with Crippen LogP contribution in [0.4, 0.5) is 0 Å². The first-order valence-corrected chi connectivity index (χ1v) is 6.23. The summed E-state index contributed by atoms with van der Waals surface area (Å²) < 4.78 is 10.6. The van der Waals surface area contributed by atoms with Gasteiger partial charge in [-0.1, -0.05) is 30.0 Å². The third-order valence-electron chi connectivity index (χ3n) is 2.29. The molecule has 18 heavy (non-hydrogen) atoms. The Hall–Kier alpha value is -1.34. The van der Waals surface area contributed by atoms with Gasteiger partial charge in [0.25, 0.3) is 0 Å². The van der Waals surface area contributed by atoms with E-state index in [1.54, 1.807) is 0 Å². The van der Waals surface area contributed by atoms with Crippen LogP contribution in [0.5, 0.6) is 0 Å². The summed E-state index contributed by atoms with van der Waals surface area (Å²) in [5.41, 5.74) is 0.939. The first kappa shape index (κ1) is 14.7. The fourth-order valence-electron chi connectivity index (χ4n) is 1.47. The molecule has 0 aromatic heterocycles. The molecular formula is C15H20O3. The summed E-state index contributed by atoms with van der Waals surface area (Å²) in [5, 5.41) is 9.90. The highest BCUT2D eigenvalue weighted by Gasteiger charge is 2.18. The number of aliphatic hydroxyl groups excluding tert-OH is 1. The lowest BCUT2D eigenvalue weighted by atomic mass is 10.2. The Labute approximate surface area is 109 Å². The summed E-state index contributed by atoms with van der Waals surface area (Å²) >= 11 is 0. The van der Waals surface area contributed by atoms with Gasteiger partial charge < -0.3 is 14.6 Å². The van der Waals surface area contributed by atoms with Gasteiger partial charge >= 0.3 is 0 Å². The molecule has 0 saturated heterocycles. The summed E-state index contributed by atoms with van der Waals surface area (Å²) in [5.74, 6) is 5.93. The lowest BCUT2D eigenvalue weighted by Crippen LogP contribution is -2.31. The Balaban J connectivity index is 2.48. The van der Waals surface area contributed by atoms with Gasteiger partial charge in [-0.15, -0.1) is 0 Å². The van der Waals surface area contributed by atoms with Gasteiger partial charge in [0, 0.05) is 25.2 Å². The number of benzene rings is 1. The lowest BCUT2D eigenvalue weighted by molar-refractivity contribution is -0.187. The van der Waals surface area contributed by atoms with Crippen molar-refractivity contribution in [1.82, 2.24) is 0 Å². The topological polar surface area (TPSA) is 38.7 Å². The van der Waals surface area contributed by atoms with Crippen LogP contribution in [0.1, 0.15) is 25.8 Å². The lowest BCUT2D eigenvalue weighted by Gasteiger charge is -2.20. The summed E-state index contributed by atoms with van der Waals surface area (Å²) in [6, 6.07) is 9.68. The van der Waals surface area contributed by atoms with E-state index in [4.69, 9.17) is 9.47 Å². The highest BCUT2D eigenvalue weighted by molar-refractivity contribution is 5.33. The molecule has 1 unspecified atom stereocenters. The maximum atomic E-state index is 9.90. The Kier molecular flexibility index (Phi) is 7.12. The second-order valence-electron chi connectivity index (χ2n) is 3.72. The zero-order chi connectivity index (χ0) is 13.2. The number of hydrogen-bond donors (Lipinski definition) is 1. The van der Waals surface area contributed by atoms with Crippen LogP contribution >= 0.6 is 0 Å². The van der Waals surface area contributed by atoms with Gasteiger partial charge in [-0.05, 0) is 26.0 Å². The van der Waals surface area contributed by atoms with Crippen LogP contribution in [-0.4, -0.2) is 30.7 Å². The molecule has 3 heteroatoms. The minimum absolute atomic E-state index is 0.333. The fourth-order valence-corrected chi connectivity index (χ4v) is 1.47. The molecule has 0 bridgehead atoms. The molecule has 0 spiro atoms. The van der Waals surface area contributed by atoms with Gasteiger partial charge in [-0.2, -0.15) is 0 Å². The molecule has 0 amide bonds. The molecule has 1 atom stereocenters. The van der Waals surface area contributed by atoms with Crippen LogP contribution in [-0.2, 0) is 9.47 Å². The van der Waals surface area contributed by atoms with Gasteiger partial charge in [0.1, 0.15) is 6.10 Å². The van der Waals surface area contributed by atoms with E-state index < -0.39 is 12.4 Å². The first-order valence-electron chi connectivity index (χ1n) is 6.23. The summed E-state index contributed by atoms with van der Waals surface area (Å²) in [6.07, 6.45) is -0.981. The largest absolute Gasteiger partial charge is 0.387 e. The third-order valence-corrected chi connectivity index (χ3v) is 2.29. The van der Waals surface area contributed by atoms with Crippen molar-refractivity contribution in [2.75, 3.05) is 13.2 Å².